The van der Waals surface area contributed by atoms with Crippen molar-refractivity contribution in [2.75, 3.05) is 6.61 Å². The van der Waals surface area contributed by atoms with Crippen LogP contribution in [0.25, 0.3) is 0 Å². The van der Waals surface area contributed by atoms with Gasteiger partial charge in [0.25, 0.3) is 5.91 Å². The number of hydrogen-bond acceptors (Lipinski definition) is 4. The minimum absolute atomic E-state index is 0.113. The van der Waals surface area contributed by atoms with Crippen LogP contribution in [0.4, 0.5) is 4.79 Å². The van der Waals surface area contributed by atoms with Gasteiger partial charge in [0, 0.05) is 21.7 Å². The summed E-state index contributed by atoms with van der Waals surface area (Å²) >= 11 is 11.9. The molecular formula is C14H16Cl2N2O4. The van der Waals surface area contributed by atoms with Crippen molar-refractivity contribution in [3.8, 4) is 0 Å². The zero-order valence-electron chi connectivity index (χ0n) is 12.1. The number of imide groups is 1. The molecule has 0 aliphatic carbocycles. The van der Waals surface area contributed by atoms with E-state index in [2.05, 4.69) is 5.32 Å². The summed E-state index contributed by atoms with van der Waals surface area (Å²) in [5.41, 5.74) is 0.425. The molecule has 0 saturated heterocycles. The van der Waals surface area contributed by atoms with Crippen molar-refractivity contribution in [1.82, 2.24) is 10.6 Å². The Hall–Kier alpha value is -1.79. The van der Waals surface area contributed by atoms with E-state index in [-0.39, 0.29) is 12.5 Å². The van der Waals surface area contributed by atoms with Gasteiger partial charge in [0.1, 0.15) is 0 Å². The molecule has 1 aromatic rings. The molecule has 0 spiro atoms. The predicted molar refractivity (Wildman–Crippen MR) is 82.9 cm³/mol. The van der Waals surface area contributed by atoms with Gasteiger partial charge in [-0.05, 0) is 26.0 Å². The summed E-state index contributed by atoms with van der Waals surface area (Å²) in [5, 5.41) is 5.18. The van der Waals surface area contributed by atoms with E-state index >= 15 is 0 Å². The summed E-state index contributed by atoms with van der Waals surface area (Å²) in [6.45, 7) is 2.93. The average molecular weight is 347 g/mol. The number of urea groups is 1. The van der Waals surface area contributed by atoms with Gasteiger partial charge in [-0.3, -0.25) is 14.9 Å². The Balaban J connectivity index is 2.43. The van der Waals surface area contributed by atoms with Gasteiger partial charge >= 0.3 is 12.0 Å². The van der Waals surface area contributed by atoms with E-state index in [1.165, 1.54) is 0 Å². The highest BCUT2D eigenvalue weighted by Crippen LogP contribution is 2.24. The van der Waals surface area contributed by atoms with E-state index in [0.29, 0.717) is 15.6 Å². The van der Waals surface area contributed by atoms with Crippen molar-refractivity contribution in [1.29, 1.82) is 0 Å². The standard InChI is InChI=1S/C14H16Cl2N2O4/c1-8(2)17-14(21)18-12(19)7-22-13(20)6-9-10(15)4-3-5-11(9)16/h3-5,8H,6-7H2,1-2H3,(H2,17,18,19,21). The first kappa shape index (κ1) is 18.3. The first-order valence-electron chi connectivity index (χ1n) is 6.48. The summed E-state index contributed by atoms with van der Waals surface area (Å²) < 4.78 is 4.78. The molecule has 8 heteroatoms. The number of ether oxygens (including phenoxy) is 1. The minimum atomic E-state index is -0.725. The van der Waals surface area contributed by atoms with Crippen LogP contribution in [0, 0.1) is 0 Å². The largest absolute Gasteiger partial charge is 0.455 e. The lowest BCUT2D eigenvalue weighted by Gasteiger charge is -2.10. The van der Waals surface area contributed by atoms with Crippen molar-refractivity contribution in [2.45, 2.75) is 26.3 Å². The van der Waals surface area contributed by atoms with Gasteiger partial charge in [-0.25, -0.2) is 4.79 Å². The second-order valence-electron chi connectivity index (χ2n) is 4.71. The smallest absolute Gasteiger partial charge is 0.321 e. The van der Waals surface area contributed by atoms with Crippen LogP contribution in [0.15, 0.2) is 18.2 Å². The fourth-order valence-electron chi connectivity index (χ4n) is 1.50. The lowest BCUT2D eigenvalue weighted by molar-refractivity contribution is -0.147. The van der Waals surface area contributed by atoms with E-state index in [0.717, 1.165) is 0 Å². The number of amides is 3. The molecule has 1 aromatic carbocycles. The van der Waals surface area contributed by atoms with Crippen LogP contribution in [0.5, 0.6) is 0 Å². The molecule has 0 aromatic heterocycles. The van der Waals surface area contributed by atoms with Crippen molar-refractivity contribution >= 4 is 41.1 Å². The van der Waals surface area contributed by atoms with Gasteiger partial charge in [0.2, 0.25) is 0 Å². The highest BCUT2D eigenvalue weighted by Gasteiger charge is 2.14. The Labute approximate surface area is 138 Å². The molecule has 0 fully saturated rings. The zero-order valence-corrected chi connectivity index (χ0v) is 13.6. The third-order valence-corrected chi connectivity index (χ3v) is 3.13. The molecule has 0 heterocycles. The van der Waals surface area contributed by atoms with Gasteiger partial charge in [0.05, 0.1) is 6.42 Å². The third-order valence-electron chi connectivity index (χ3n) is 2.42. The molecule has 22 heavy (non-hydrogen) atoms. The quantitative estimate of drug-likeness (QED) is 0.801. The fraction of sp³-hybridized carbons (Fsp3) is 0.357. The van der Waals surface area contributed by atoms with Crippen molar-refractivity contribution in [3.63, 3.8) is 0 Å². The van der Waals surface area contributed by atoms with Gasteiger partial charge in [-0.1, -0.05) is 29.3 Å². The molecule has 6 nitrogen and oxygen atoms in total. The third kappa shape index (κ3) is 6.32. The van der Waals surface area contributed by atoms with Crippen LogP contribution in [0.2, 0.25) is 10.0 Å². The molecule has 0 unspecified atom stereocenters. The SMILES string of the molecule is CC(C)NC(=O)NC(=O)COC(=O)Cc1c(Cl)cccc1Cl. The molecule has 0 aliphatic rings. The number of hydrogen-bond donors (Lipinski definition) is 2. The van der Waals surface area contributed by atoms with E-state index in [9.17, 15) is 14.4 Å². The Bertz CT molecular complexity index is 556. The van der Waals surface area contributed by atoms with Crippen LogP contribution >= 0.6 is 23.2 Å². The average Bonchev–Trinajstić information content (AvgIpc) is 2.39. The molecule has 1 rings (SSSR count). The molecule has 2 N–H and O–H groups in total. The summed E-state index contributed by atoms with van der Waals surface area (Å²) in [4.78, 5) is 34.4. The molecule has 3 amide bonds. The molecule has 0 aliphatic heterocycles. The maximum absolute atomic E-state index is 11.7. The summed E-state index contributed by atoms with van der Waals surface area (Å²) in [6.07, 6.45) is -0.163. The highest BCUT2D eigenvalue weighted by atomic mass is 35.5. The number of rotatable bonds is 5. The topological polar surface area (TPSA) is 84.5 Å². The second kappa shape index (κ2) is 8.60. The van der Waals surface area contributed by atoms with E-state index < -0.39 is 24.5 Å². The normalized spacial score (nSPS) is 10.2. The number of esters is 1. The molecule has 0 atom stereocenters. The van der Waals surface area contributed by atoms with E-state index in [4.69, 9.17) is 27.9 Å². The molecular weight excluding hydrogens is 331 g/mol. The first-order valence-corrected chi connectivity index (χ1v) is 7.24. The maximum atomic E-state index is 11.7. The first-order chi connectivity index (χ1) is 10.3. The van der Waals surface area contributed by atoms with E-state index in [1.54, 1.807) is 32.0 Å². The number of benzene rings is 1. The van der Waals surface area contributed by atoms with Crippen molar-refractivity contribution in [2.24, 2.45) is 0 Å². The fourth-order valence-corrected chi connectivity index (χ4v) is 2.03. The number of carbonyl (C=O) groups excluding carboxylic acids is 3. The van der Waals surface area contributed by atoms with Gasteiger partial charge in [-0.2, -0.15) is 0 Å². The lowest BCUT2D eigenvalue weighted by Crippen LogP contribution is -2.44. The summed E-state index contributed by atoms with van der Waals surface area (Å²) in [6, 6.07) is 4.08. The number of halogens is 2. The zero-order chi connectivity index (χ0) is 16.7. The van der Waals surface area contributed by atoms with Crippen LogP contribution in [-0.4, -0.2) is 30.6 Å². The monoisotopic (exact) mass is 346 g/mol. The number of carbonyl (C=O) groups is 3. The molecule has 0 saturated carbocycles. The van der Waals surface area contributed by atoms with Gasteiger partial charge < -0.3 is 10.1 Å². The van der Waals surface area contributed by atoms with Gasteiger partial charge in [0.15, 0.2) is 6.61 Å². The predicted octanol–water partition coefficient (Wildman–Crippen LogP) is 2.31. The van der Waals surface area contributed by atoms with Gasteiger partial charge in [-0.15, -0.1) is 0 Å². The van der Waals surface area contributed by atoms with Crippen LogP contribution in [0.3, 0.4) is 0 Å². The Morgan fingerprint density at radius 2 is 1.77 bits per heavy atom. The van der Waals surface area contributed by atoms with E-state index in [1.807, 2.05) is 5.32 Å². The van der Waals surface area contributed by atoms with Crippen LogP contribution in [-0.2, 0) is 20.7 Å². The van der Waals surface area contributed by atoms with Crippen LogP contribution in [0.1, 0.15) is 19.4 Å². The van der Waals surface area contributed by atoms with Crippen molar-refractivity contribution in [3.05, 3.63) is 33.8 Å². The Morgan fingerprint density at radius 1 is 1.18 bits per heavy atom. The van der Waals surface area contributed by atoms with Crippen molar-refractivity contribution < 1.29 is 19.1 Å². The van der Waals surface area contributed by atoms with Crippen LogP contribution < -0.4 is 10.6 Å². The Kier molecular flexibility index (Phi) is 7.14. The molecule has 0 radical (unpaired) electrons. The maximum Gasteiger partial charge on any atom is 0.321 e. The molecule has 0 bridgehead atoms. The summed E-state index contributed by atoms with van der Waals surface area (Å²) in [7, 11) is 0. The Morgan fingerprint density at radius 3 is 2.32 bits per heavy atom. The highest BCUT2D eigenvalue weighted by molar-refractivity contribution is 6.36. The number of nitrogens with one attached hydrogen (secondary N) is 2. The minimum Gasteiger partial charge on any atom is -0.455 e. The summed E-state index contributed by atoms with van der Waals surface area (Å²) in [5.74, 6) is -1.40. The lowest BCUT2D eigenvalue weighted by atomic mass is 10.1. The second-order valence-corrected chi connectivity index (χ2v) is 5.53. The molecule has 120 valence electrons.